The van der Waals surface area contributed by atoms with Crippen molar-refractivity contribution in [2.45, 2.75) is 31.1 Å². The van der Waals surface area contributed by atoms with E-state index in [1.807, 2.05) is 12.1 Å². The summed E-state index contributed by atoms with van der Waals surface area (Å²) in [5.41, 5.74) is 2.69. The summed E-state index contributed by atoms with van der Waals surface area (Å²) in [6.07, 6.45) is 4.69. The van der Waals surface area contributed by atoms with Crippen molar-refractivity contribution >= 4 is 28.4 Å². The maximum absolute atomic E-state index is 13.6. The SMILES string of the molecule is O=C(Cc1ccc(C2(c3nc4cc(F)c(F)cc4[nH]3)CCC2)cn1)c1cccc(Cl)c1. The maximum Gasteiger partial charge on any atom is 0.168 e. The van der Waals surface area contributed by atoms with E-state index in [1.54, 1.807) is 30.5 Å². The second-order valence-corrected chi connectivity index (χ2v) is 8.39. The van der Waals surface area contributed by atoms with Crippen molar-refractivity contribution in [3.8, 4) is 0 Å². The number of carbonyl (C=O) groups is 1. The van der Waals surface area contributed by atoms with Gasteiger partial charge in [-0.05, 0) is 36.6 Å². The number of aromatic nitrogens is 3. The van der Waals surface area contributed by atoms with Crippen LogP contribution in [0.1, 0.15) is 46.7 Å². The van der Waals surface area contributed by atoms with Gasteiger partial charge < -0.3 is 4.98 Å². The Kier molecular flexibility index (Phi) is 4.82. The molecule has 0 spiro atoms. The Morgan fingerprint density at radius 1 is 1.10 bits per heavy atom. The number of benzene rings is 2. The Balaban J connectivity index is 1.42. The van der Waals surface area contributed by atoms with E-state index in [-0.39, 0.29) is 17.6 Å². The molecule has 1 aliphatic carbocycles. The summed E-state index contributed by atoms with van der Waals surface area (Å²) in [6.45, 7) is 0. The van der Waals surface area contributed by atoms with E-state index < -0.39 is 11.6 Å². The molecule has 2 aromatic carbocycles. The van der Waals surface area contributed by atoms with E-state index in [1.165, 1.54) is 0 Å². The van der Waals surface area contributed by atoms with Crippen molar-refractivity contribution in [1.82, 2.24) is 15.0 Å². The predicted octanol–water partition coefficient (Wildman–Crippen LogP) is 5.78. The zero-order chi connectivity index (χ0) is 21.6. The minimum atomic E-state index is -0.913. The number of hydrogen-bond donors (Lipinski definition) is 1. The number of nitrogens with one attached hydrogen (secondary N) is 1. The van der Waals surface area contributed by atoms with Gasteiger partial charge in [0.1, 0.15) is 5.82 Å². The molecule has 5 rings (SSSR count). The summed E-state index contributed by atoms with van der Waals surface area (Å²) in [6, 6.07) is 12.9. The zero-order valence-electron chi connectivity index (χ0n) is 16.5. The van der Waals surface area contributed by atoms with Gasteiger partial charge in [0.05, 0.1) is 22.9 Å². The lowest BCUT2D eigenvalue weighted by Crippen LogP contribution is -2.36. The second kappa shape index (κ2) is 7.54. The molecule has 0 aliphatic heterocycles. The third-order valence-electron chi connectivity index (χ3n) is 6.05. The van der Waals surface area contributed by atoms with Gasteiger partial charge >= 0.3 is 0 Å². The smallest absolute Gasteiger partial charge is 0.168 e. The summed E-state index contributed by atoms with van der Waals surface area (Å²) < 4.78 is 27.2. The van der Waals surface area contributed by atoms with Crippen LogP contribution in [0.2, 0.25) is 5.02 Å². The van der Waals surface area contributed by atoms with Gasteiger partial charge in [0.2, 0.25) is 0 Å². The number of nitrogens with zero attached hydrogens (tertiary/aromatic N) is 2. The van der Waals surface area contributed by atoms with Crippen LogP contribution < -0.4 is 0 Å². The molecule has 0 amide bonds. The molecule has 1 fully saturated rings. The highest BCUT2D eigenvalue weighted by atomic mass is 35.5. The molecule has 2 aromatic heterocycles. The molecule has 1 N–H and O–H groups in total. The van der Waals surface area contributed by atoms with Gasteiger partial charge in [0.25, 0.3) is 0 Å². The number of rotatable bonds is 5. The van der Waals surface area contributed by atoms with Gasteiger partial charge in [-0.25, -0.2) is 13.8 Å². The topological polar surface area (TPSA) is 58.6 Å². The molecule has 1 saturated carbocycles. The van der Waals surface area contributed by atoms with Gasteiger partial charge in [-0.15, -0.1) is 0 Å². The summed E-state index contributed by atoms with van der Waals surface area (Å²) >= 11 is 5.97. The molecule has 4 nitrogen and oxygen atoms in total. The van der Waals surface area contributed by atoms with Crippen LogP contribution in [0.3, 0.4) is 0 Å². The third kappa shape index (κ3) is 3.51. The molecule has 0 saturated heterocycles. The second-order valence-electron chi connectivity index (χ2n) is 7.95. The lowest BCUT2D eigenvalue weighted by molar-refractivity contribution is 0.0992. The van der Waals surface area contributed by atoms with Crippen LogP contribution in [-0.4, -0.2) is 20.7 Å². The van der Waals surface area contributed by atoms with Gasteiger partial charge in [-0.1, -0.05) is 36.2 Å². The van der Waals surface area contributed by atoms with E-state index in [2.05, 4.69) is 15.0 Å². The Bertz CT molecular complexity index is 1260. The van der Waals surface area contributed by atoms with Gasteiger partial charge in [-0.2, -0.15) is 0 Å². The molecule has 1 aliphatic rings. The van der Waals surface area contributed by atoms with Crippen LogP contribution in [0, 0.1) is 11.6 Å². The van der Waals surface area contributed by atoms with Crippen LogP contribution in [0.15, 0.2) is 54.7 Å². The number of Topliss-reactive ketones (excluding diaryl/α,β-unsaturated/α-hetero) is 1. The molecular weight excluding hydrogens is 420 g/mol. The van der Waals surface area contributed by atoms with Crippen molar-refractivity contribution in [1.29, 1.82) is 0 Å². The molecule has 0 atom stereocenters. The van der Waals surface area contributed by atoms with Gasteiger partial charge in [0.15, 0.2) is 17.4 Å². The highest BCUT2D eigenvalue weighted by Gasteiger charge is 2.43. The molecule has 0 radical (unpaired) electrons. The first kappa shape index (κ1) is 19.8. The fraction of sp³-hybridized carbons (Fsp3) is 0.208. The van der Waals surface area contributed by atoms with Crippen molar-refractivity contribution in [3.63, 3.8) is 0 Å². The monoisotopic (exact) mass is 437 g/mol. The highest BCUT2D eigenvalue weighted by Crippen LogP contribution is 2.48. The minimum Gasteiger partial charge on any atom is -0.341 e. The van der Waals surface area contributed by atoms with Crippen LogP contribution in [0.4, 0.5) is 8.78 Å². The predicted molar refractivity (Wildman–Crippen MR) is 114 cm³/mol. The standard InChI is InChI=1S/C24H18ClF2N3O/c25-16-4-1-3-14(9-16)22(31)10-17-6-5-15(13-28-17)24(7-2-8-24)23-29-20-11-18(26)19(27)12-21(20)30-23/h1,3-6,9,11-13H,2,7-8,10H2,(H,29,30). The van der Waals surface area contributed by atoms with E-state index in [4.69, 9.17) is 11.6 Å². The van der Waals surface area contributed by atoms with Crippen LogP contribution >= 0.6 is 11.6 Å². The average molecular weight is 438 g/mol. The lowest BCUT2D eigenvalue weighted by atomic mass is 9.64. The Morgan fingerprint density at radius 2 is 1.90 bits per heavy atom. The quantitative estimate of drug-likeness (QED) is 0.402. The number of fused-ring (bicyclic) bond motifs is 1. The summed E-state index contributed by atoms with van der Waals surface area (Å²) in [5.74, 6) is -1.19. The van der Waals surface area contributed by atoms with Crippen molar-refractivity contribution in [3.05, 3.63) is 94.0 Å². The number of imidazole rings is 1. The molecule has 0 unspecified atom stereocenters. The summed E-state index contributed by atoms with van der Waals surface area (Å²) in [7, 11) is 0. The third-order valence-corrected chi connectivity index (χ3v) is 6.29. The molecular formula is C24H18ClF2N3O. The first-order valence-corrected chi connectivity index (χ1v) is 10.4. The summed E-state index contributed by atoms with van der Waals surface area (Å²) in [4.78, 5) is 24.7. The Labute approximate surface area is 182 Å². The Hall–Kier alpha value is -3.12. The fourth-order valence-electron chi connectivity index (χ4n) is 4.16. The number of hydrogen-bond acceptors (Lipinski definition) is 3. The van der Waals surface area contributed by atoms with E-state index in [0.717, 1.165) is 37.0 Å². The number of halogens is 3. The number of pyridine rings is 1. The van der Waals surface area contributed by atoms with Gasteiger partial charge in [0, 0.05) is 34.6 Å². The first-order chi connectivity index (χ1) is 14.9. The van der Waals surface area contributed by atoms with Crippen LogP contribution in [0.25, 0.3) is 11.0 Å². The molecule has 31 heavy (non-hydrogen) atoms. The number of aromatic amines is 1. The minimum absolute atomic E-state index is 0.0533. The Morgan fingerprint density at radius 3 is 2.58 bits per heavy atom. The van der Waals surface area contributed by atoms with E-state index >= 15 is 0 Å². The fourth-order valence-corrected chi connectivity index (χ4v) is 4.36. The van der Waals surface area contributed by atoms with Crippen molar-refractivity contribution < 1.29 is 13.6 Å². The first-order valence-electron chi connectivity index (χ1n) is 10.0. The lowest BCUT2D eigenvalue weighted by Gasteiger charge is -2.40. The number of H-pyrrole nitrogens is 1. The maximum atomic E-state index is 13.6. The largest absolute Gasteiger partial charge is 0.341 e. The molecule has 156 valence electrons. The molecule has 2 heterocycles. The highest BCUT2D eigenvalue weighted by molar-refractivity contribution is 6.31. The van der Waals surface area contributed by atoms with Crippen molar-refractivity contribution in [2.75, 3.05) is 0 Å². The van der Waals surface area contributed by atoms with Crippen LogP contribution in [-0.2, 0) is 11.8 Å². The van der Waals surface area contributed by atoms with Crippen LogP contribution in [0.5, 0.6) is 0 Å². The molecule has 4 aromatic rings. The normalized spacial score (nSPS) is 15.1. The zero-order valence-corrected chi connectivity index (χ0v) is 17.2. The summed E-state index contributed by atoms with van der Waals surface area (Å²) in [5, 5.41) is 0.520. The van der Waals surface area contributed by atoms with Gasteiger partial charge in [-0.3, -0.25) is 9.78 Å². The van der Waals surface area contributed by atoms with E-state index in [9.17, 15) is 13.6 Å². The van der Waals surface area contributed by atoms with E-state index in [0.29, 0.717) is 33.1 Å². The van der Waals surface area contributed by atoms with Crippen molar-refractivity contribution in [2.24, 2.45) is 0 Å². The number of ketones is 1. The number of carbonyl (C=O) groups excluding carboxylic acids is 1. The average Bonchev–Trinajstić information content (AvgIpc) is 3.11. The molecule has 7 heteroatoms. The molecule has 0 bridgehead atoms.